The molecular formula is C13H20ClFSi. The van der Waals surface area contributed by atoms with Gasteiger partial charge >= 0.3 is 0 Å². The average Bonchev–Trinajstić information content (AvgIpc) is 2.30. The Morgan fingerprint density at radius 2 is 1.62 bits per heavy atom. The Kier molecular flexibility index (Phi) is 4.57. The first-order chi connectivity index (χ1) is 7.52. The highest BCUT2D eigenvalue weighted by Gasteiger charge is 2.34. The van der Waals surface area contributed by atoms with E-state index in [1.165, 1.54) is 0 Å². The third-order valence-corrected chi connectivity index (χ3v) is 9.93. The van der Waals surface area contributed by atoms with E-state index < -0.39 is 8.07 Å². The molecule has 0 fully saturated rings. The summed E-state index contributed by atoms with van der Waals surface area (Å²) >= 11 is 6.22. The maximum absolute atomic E-state index is 14.3. The van der Waals surface area contributed by atoms with E-state index in [0.717, 1.165) is 23.3 Å². The fraction of sp³-hybridized carbons (Fsp3) is 0.538. The van der Waals surface area contributed by atoms with Gasteiger partial charge in [-0.3, -0.25) is 0 Å². The Hall–Kier alpha value is -0.343. The van der Waals surface area contributed by atoms with Crippen LogP contribution in [0.4, 0.5) is 4.39 Å². The third kappa shape index (κ3) is 2.18. The van der Waals surface area contributed by atoms with Gasteiger partial charge in [0.2, 0.25) is 0 Å². The molecule has 0 aliphatic rings. The van der Waals surface area contributed by atoms with E-state index in [-0.39, 0.29) is 5.82 Å². The second-order valence-corrected chi connectivity index (χ2v) is 9.98. The lowest BCUT2D eigenvalue weighted by Gasteiger charge is -2.30. The first-order valence-electron chi connectivity index (χ1n) is 5.97. The maximum Gasteiger partial charge on any atom is 0.126 e. The first kappa shape index (κ1) is 13.7. The molecule has 0 amide bonds. The van der Waals surface area contributed by atoms with Crippen molar-refractivity contribution in [1.29, 1.82) is 0 Å². The molecule has 0 unspecified atom stereocenters. The van der Waals surface area contributed by atoms with Crippen molar-refractivity contribution in [2.24, 2.45) is 0 Å². The molecular weight excluding hydrogens is 239 g/mol. The van der Waals surface area contributed by atoms with E-state index in [2.05, 4.69) is 20.8 Å². The number of halogens is 2. The Labute approximate surface area is 104 Å². The zero-order chi connectivity index (χ0) is 12.3. The van der Waals surface area contributed by atoms with Crippen LogP contribution in [-0.4, -0.2) is 8.07 Å². The minimum absolute atomic E-state index is 0.0651. The van der Waals surface area contributed by atoms with E-state index in [1.54, 1.807) is 6.07 Å². The first-order valence-corrected chi connectivity index (χ1v) is 8.97. The largest absolute Gasteiger partial charge is 0.207 e. The van der Waals surface area contributed by atoms with Crippen LogP contribution in [-0.2, 0) is 0 Å². The van der Waals surface area contributed by atoms with E-state index in [9.17, 15) is 4.39 Å². The Morgan fingerprint density at radius 1 is 1.12 bits per heavy atom. The molecule has 1 aromatic carbocycles. The fourth-order valence-corrected chi connectivity index (χ4v) is 6.98. The molecule has 3 heteroatoms. The van der Waals surface area contributed by atoms with E-state index in [0.29, 0.717) is 10.6 Å². The molecule has 1 rings (SSSR count). The SMILES string of the molecule is CC[Si](CC)(CC)c1c(Cl)ccc(C)c1F. The third-order valence-electron chi connectivity index (χ3n) is 3.84. The van der Waals surface area contributed by atoms with Gasteiger partial charge in [0.25, 0.3) is 0 Å². The van der Waals surface area contributed by atoms with Crippen molar-refractivity contribution < 1.29 is 4.39 Å². The van der Waals surface area contributed by atoms with Crippen LogP contribution in [0.5, 0.6) is 0 Å². The molecule has 0 aliphatic carbocycles. The number of aryl methyl sites for hydroxylation is 1. The zero-order valence-electron chi connectivity index (χ0n) is 10.5. The molecule has 0 radical (unpaired) electrons. The van der Waals surface area contributed by atoms with Gasteiger partial charge in [-0.25, -0.2) is 4.39 Å². The minimum atomic E-state index is -1.72. The molecule has 0 N–H and O–H groups in total. The van der Waals surface area contributed by atoms with Gasteiger partial charge < -0.3 is 0 Å². The van der Waals surface area contributed by atoms with Crippen LogP contribution in [0.15, 0.2) is 12.1 Å². The number of hydrogen-bond acceptors (Lipinski definition) is 0. The lowest BCUT2D eigenvalue weighted by molar-refractivity contribution is 0.625. The molecule has 0 saturated carbocycles. The molecule has 0 aromatic heterocycles. The number of benzene rings is 1. The average molecular weight is 259 g/mol. The van der Waals surface area contributed by atoms with Crippen molar-refractivity contribution in [2.75, 3.05) is 0 Å². The van der Waals surface area contributed by atoms with Crippen molar-refractivity contribution >= 4 is 24.9 Å². The van der Waals surface area contributed by atoms with E-state index in [1.807, 2.05) is 13.0 Å². The second-order valence-electron chi connectivity index (χ2n) is 4.39. The summed E-state index contributed by atoms with van der Waals surface area (Å²) in [5.74, 6) is -0.0651. The molecule has 16 heavy (non-hydrogen) atoms. The number of rotatable bonds is 4. The van der Waals surface area contributed by atoms with Gasteiger partial charge in [-0.15, -0.1) is 0 Å². The van der Waals surface area contributed by atoms with Crippen LogP contribution in [0.1, 0.15) is 26.3 Å². The summed E-state index contributed by atoms with van der Waals surface area (Å²) < 4.78 is 14.3. The summed E-state index contributed by atoms with van der Waals surface area (Å²) in [5, 5.41) is 1.47. The molecule has 0 bridgehead atoms. The summed E-state index contributed by atoms with van der Waals surface area (Å²) in [5.41, 5.74) is 0.714. The van der Waals surface area contributed by atoms with Crippen LogP contribution in [0, 0.1) is 12.7 Å². The molecule has 0 heterocycles. The predicted octanol–water partition coefficient (Wildman–Crippen LogP) is 4.50. The summed E-state index contributed by atoms with van der Waals surface area (Å²) in [6.45, 7) is 8.31. The highest BCUT2D eigenvalue weighted by molar-refractivity contribution is 6.93. The lowest BCUT2D eigenvalue weighted by atomic mass is 10.2. The van der Waals surface area contributed by atoms with E-state index in [4.69, 9.17) is 11.6 Å². The molecule has 0 nitrogen and oxygen atoms in total. The monoisotopic (exact) mass is 258 g/mol. The van der Waals surface area contributed by atoms with Gasteiger partial charge in [0.05, 0.1) is 8.07 Å². The molecule has 0 atom stereocenters. The minimum Gasteiger partial charge on any atom is -0.207 e. The van der Waals surface area contributed by atoms with Crippen molar-refractivity contribution in [3.05, 3.63) is 28.5 Å². The Balaban J connectivity index is 3.45. The van der Waals surface area contributed by atoms with Gasteiger partial charge in [-0.2, -0.15) is 0 Å². The molecule has 0 aliphatic heterocycles. The highest BCUT2D eigenvalue weighted by atomic mass is 35.5. The fourth-order valence-electron chi connectivity index (χ4n) is 2.42. The zero-order valence-corrected chi connectivity index (χ0v) is 12.3. The Bertz CT molecular complexity index is 364. The van der Waals surface area contributed by atoms with Gasteiger partial charge in [0.15, 0.2) is 0 Å². The van der Waals surface area contributed by atoms with Crippen LogP contribution < -0.4 is 5.19 Å². The smallest absolute Gasteiger partial charge is 0.126 e. The van der Waals surface area contributed by atoms with Crippen LogP contribution in [0.2, 0.25) is 23.2 Å². The quantitative estimate of drug-likeness (QED) is 0.698. The molecule has 1 aromatic rings. The topological polar surface area (TPSA) is 0 Å². The van der Waals surface area contributed by atoms with Gasteiger partial charge in [-0.05, 0) is 23.7 Å². The van der Waals surface area contributed by atoms with E-state index >= 15 is 0 Å². The van der Waals surface area contributed by atoms with Crippen LogP contribution in [0.25, 0.3) is 0 Å². The van der Waals surface area contributed by atoms with Crippen LogP contribution >= 0.6 is 11.6 Å². The van der Waals surface area contributed by atoms with Gasteiger partial charge in [0, 0.05) is 5.02 Å². The maximum atomic E-state index is 14.3. The van der Waals surface area contributed by atoms with Gasteiger partial charge in [-0.1, -0.05) is 56.6 Å². The summed E-state index contributed by atoms with van der Waals surface area (Å²) in [4.78, 5) is 0. The van der Waals surface area contributed by atoms with Crippen molar-refractivity contribution in [1.82, 2.24) is 0 Å². The molecule has 90 valence electrons. The molecule has 0 saturated heterocycles. The lowest BCUT2D eigenvalue weighted by Crippen LogP contribution is -2.48. The standard InChI is InChI=1S/C13H20ClFSi/c1-5-16(6-2,7-3)13-11(14)9-8-10(4)12(13)15/h8-9H,5-7H2,1-4H3. The highest BCUT2D eigenvalue weighted by Crippen LogP contribution is 2.26. The molecule has 0 spiro atoms. The summed E-state index contributed by atoms with van der Waals surface area (Å²) in [6, 6.07) is 6.78. The normalized spacial score (nSPS) is 11.9. The summed E-state index contributed by atoms with van der Waals surface area (Å²) in [7, 11) is -1.72. The second kappa shape index (κ2) is 5.33. The Morgan fingerprint density at radius 3 is 2.06 bits per heavy atom. The summed E-state index contributed by atoms with van der Waals surface area (Å²) in [6.07, 6.45) is 0. The van der Waals surface area contributed by atoms with Crippen molar-refractivity contribution in [3.63, 3.8) is 0 Å². The van der Waals surface area contributed by atoms with Crippen molar-refractivity contribution in [3.8, 4) is 0 Å². The number of hydrogen-bond donors (Lipinski definition) is 0. The van der Waals surface area contributed by atoms with Gasteiger partial charge in [0.1, 0.15) is 5.82 Å². The van der Waals surface area contributed by atoms with Crippen LogP contribution in [0.3, 0.4) is 0 Å². The predicted molar refractivity (Wildman–Crippen MR) is 73.0 cm³/mol. The van der Waals surface area contributed by atoms with Crippen molar-refractivity contribution in [2.45, 2.75) is 45.8 Å².